The number of thiazole rings is 1. The Kier molecular flexibility index (Phi) is 3.23. The zero-order valence-corrected chi connectivity index (χ0v) is 8.40. The molecule has 0 saturated carbocycles. The fourth-order valence-corrected chi connectivity index (χ4v) is 1.88. The summed E-state index contributed by atoms with van der Waals surface area (Å²) in [5.41, 5.74) is 1.29. The maximum Gasteiger partial charge on any atom is 0.0794 e. The summed E-state index contributed by atoms with van der Waals surface area (Å²) in [6, 6.07) is 0. The summed E-state index contributed by atoms with van der Waals surface area (Å²) in [5, 5.41) is 9.98. The lowest BCUT2D eigenvalue weighted by Crippen LogP contribution is -2.28. The van der Waals surface area contributed by atoms with Crippen molar-refractivity contribution in [1.29, 1.82) is 0 Å². The molecule has 1 heterocycles. The molecule has 0 unspecified atom stereocenters. The van der Waals surface area contributed by atoms with Crippen molar-refractivity contribution in [2.45, 2.75) is 38.7 Å². The van der Waals surface area contributed by atoms with Crippen LogP contribution in [0.2, 0.25) is 0 Å². The molecule has 0 bridgehead atoms. The molecule has 1 N–H and O–H groups in total. The number of hydrogen-bond acceptors (Lipinski definition) is 3. The molecule has 0 saturated heterocycles. The van der Waals surface area contributed by atoms with Gasteiger partial charge in [-0.25, -0.2) is 0 Å². The number of aliphatic hydroxyl groups is 1. The molecule has 12 heavy (non-hydrogen) atoms. The number of rotatable bonds is 4. The molecule has 0 radical (unpaired) electrons. The van der Waals surface area contributed by atoms with Crippen LogP contribution in [-0.2, 0) is 6.42 Å². The molecule has 0 aliphatic rings. The van der Waals surface area contributed by atoms with E-state index in [9.17, 15) is 5.11 Å². The highest BCUT2D eigenvalue weighted by atomic mass is 32.1. The van der Waals surface area contributed by atoms with Gasteiger partial charge < -0.3 is 5.11 Å². The third kappa shape index (κ3) is 2.29. The summed E-state index contributed by atoms with van der Waals surface area (Å²) in [6.07, 6.45) is 4.19. The smallest absolute Gasteiger partial charge is 0.0794 e. The first-order valence-corrected chi connectivity index (χ1v) is 5.18. The minimum Gasteiger partial charge on any atom is -0.390 e. The van der Waals surface area contributed by atoms with Gasteiger partial charge in [-0.15, -0.1) is 11.3 Å². The predicted molar refractivity (Wildman–Crippen MR) is 51.3 cm³/mol. The van der Waals surface area contributed by atoms with Crippen LogP contribution in [0, 0.1) is 0 Å². The van der Waals surface area contributed by atoms with Gasteiger partial charge in [-0.05, 0) is 12.8 Å². The molecule has 68 valence electrons. The van der Waals surface area contributed by atoms with E-state index >= 15 is 0 Å². The highest BCUT2D eigenvalue weighted by molar-refractivity contribution is 7.09. The Morgan fingerprint density at radius 2 is 2.17 bits per heavy atom. The Hall–Kier alpha value is -0.410. The second kappa shape index (κ2) is 4.01. The lowest BCUT2D eigenvalue weighted by molar-refractivity contribution is 0.0334. The van der Waals surface area contributed by atoms with Crippen LogP contribution in [0.15, 0.2) is 11.7 Å². The molecule has 0 spiro atoms. The standard InChI is InChI=1S/C9H15NOS/c1-3-9(11,4-2)5-8-6-10-7-12-8/h6-7,11H,3-5H2,1-2H3. The van der Waals surface area contributed by atoms with Gasteiger partial charge in [0.25, 0.3) is 0 Å². The van der Waals surface area contributed by atoms with E-state index in [-0.39, 0.29) is 0 Å². The number of aromatic nitrogens is 1. The third-order valence-corrected chi connectivity index (χ3v) is 3.08. The van der Waals surface area contributed by atoms with Crippen LogP contribution in [0.25, 0.3) is 0 Å². The van der Waals surface area contributed by atoms with Crippen LogP contribution in [0.3, 0.4) is 0 Å². The lowest BCUT2D eigenvalue weighted by Gasteiger charge is -2.23. The minimum absolute atomic E-state index is 0.521. The molecule has 0 aromatic carbocycles. The Morgan fingerprint density at radius 1 is 1.50 bits per heavy atom. The molecule has 0 amide bonds. The first-order valence-electron chi connectivity index (χ1n) is 4.30. The Morgan fingerprint density at radius 3 is 2.58 bits per heavy atom. The summed E-state index contributed by atoms with van der Waals surface area (Å²) in [7, 11) is 0. The Labute approximate surface area is 77.3 Å². The quantitative estimate of drug-likeness (QED) is 0.780. The molecule has 0 aliphatic heterocycles. The number of hydrogen-bond donors (Lipinski definition) is 1. The molecule has 3 heteroatoms. The number of nitrogens with zero attached hydrogens (tertiary/aromatic N) is 1. The monoisotopic (exact) mass is 185 g/mol. The van der Waals surface area contributed by atoms with Crippen molar-refractivity contribution in [2.24, 2.45) is 0 Å². The topological polar surface area (TPSA) is 33.1 Å². The van der Waals surface area contributed by atoms with E-state index in [1.54, 1.807) is 16.8 Å². The second-order valence-corrected chi connectivity index (χ2v) is 4.05. The maximum atomic E-state index is 9.98. The van der Waals surface area contributed by atoms with Gasteiger partial charge >= 0.3 is 0 Å². The van der Waals surface area contributed by atoms with Gasteiger partial charge in [-0.3, -0.25) is 4.98 Å². The Balaban J connectivity index is 2.60. The van der Waals surface area contributed by atoms with E-state index in [1.165, 1.54) is 4.88 Å². The van der Waals surface area contributed by atoms with Gasteiger partial charge in [0, 0.05) is 17.5 Å². The fraction of sp³-hybridized carbons (Fsp3) is 0.667. The van der Waals surface area contributed by atoms with E-state index in [4.69, 9.17) is 0 Å². The van der Waals surface area contributed by atoms with E-state index in [2.05, 4.69) is 4.98 Å². The first-order chi connectivity index (χ1) is 5.70. The second-order valence-electron chi connectivity index (χ2n) is 3.08. The van der Waals surface area contributed by atoms with Gasteiger partial charge in [0.2, 0.25) is 0 Å². The highest BCUT2D eigenvalue weighted by Gasteiger charge is 2.22. The van der Waals surface area contributed by atoms with Crippen molar-refractivity contribution in [2.75, 3.05) is 0 Å². The Bertz CT molecular complexity index is 216. The van der Waals surface area contributed by atoms with Crippen molar-refractivity contribution in [3.05, 3.63) is 16.6 Å². The van der Waals surface area contributed by atoms with E-state index in [0.717, 1.165) is 19.3 Å². The van der Waals surface area contributed by atoms with Gasteiger partial charge in [-0.1, -0.05) is 13.8 Å². The summed E-state index contributed by atoms with van der Waals surface area (Å²) in [6.45, 7) is 4.04. The third-order valence-electron chi connectivity index (χ3n) is 2.30. The van der Waals surface area contributed by atoms with Crippen LogP contribution in [0.1, 0.15) is 31.6 Å². The normalized spacial score (nSPS) is 11.9. The average molecular weight is 185 g/mol. The van der Waals surface area contributed by atoms with E-state index < -0.39 is 5.60 Å². The van der Waals surface area contributed by atoms with Gasteiger partial charge in [0.05, 0.1) is 11.1 Å². The molecule has 1 rings (SSSR count). The molecule has 0 aliphatic carbocycles. The van der Waals surface area contributed by atoms with Crippen LogP contribution in [-0.4, -0.2) is 15.7 Å². The van der Waals surface area contributed by atoms with Gasteiger partial charge in [0.1, 0.15) is 0 Å². The summed E-state index contributed by atoms with van der Waals surface area (Å²) < 4.78 is 0. The maximum absolute atomic E-state index is 9.98. The average Bonchev–Trinajstić information content (AvgIpc) is 2.57. The summed E-state index contributed by atoms with van der Waals surface area (Å²) in [5.74, 6) is 0. The van der Waals surface area contributed by atoms with Crippen molar-refractivity contribution < 1.29 is 5.11 Å². The molecule has 1 aromatic rings. The highest BCUT2D eigenvalue weighted by Crippen LogP contribution is 2.22. The van der Waals surface area contributed by atoms with Gasteiger partial charge in [-0.2, -0.15) is 0 Å². The molecular formula is C9H15NOS. The minimum atomic E-state index is -0.521. The summed E-state index contributed by atoms with van der Waals surface area (Å²) in [4.78, 5) is 5.15. The largest absolute Gasteiger partial charge is 0.390 e. The predicted octanol–water partition coefficient (Wildman–Crippen LogP) is 2.24. The zero-order chi connectivity index (χ0) is 9.03. The van der Waals surface area contributed by atoms with E-state index in [1.807, 2.05) is 20.0 Å². The van der Waals surface area contributed by atoms with E-state index in [0.29, 0.717) is 0 Å². The molecular weight excluding hydrogens is 170 g/mol. The zero-order valence-electron chi connectivity index (χ0n) is 7.58. The van der Waals surface area contributed by atoms with Crippen LogP contribution in [0.4, 0.5) is 0 Å². The van der Waals surface area contributed by atoms with Crippen molar-refractivity contribution in [1.82, 2.24) is 4.98 Å². The summed E-state index contributed by atoms with van der Waals surface area (Å²) >= 11 is 1.61. The van der Waals surface area contributed by atoms with Crippen LogP contribution < -0.4 is 0 Å². The first kappa shape index (κ1) is 9.68. The molecule has 0 atom stereocenters. The van der Waals surface area contributed by atoms with Crippen LogP contribution in [0.5, 0.6) is 0 Å². The van der Waals surface area contributed by atoms with Crippen molar-refractivity contribution >= 4 is 11.3 Å². The van der Waals surface area contributed by atoms with Crippen LogP contribution >= 0.6 is 11.3 Å². The molecule has 0 fully saturated rings. The van der Waals surface area contributed by atoms with Crippen molar-refractivity contribution in [3.63, 3.8) is 0 Å². The van der Waals surface area contributed by atoms with Crippen molar-refractivity contribution in [3.8, 4) is 0 Å². The lowest BCUT2D eigenvalue weighted by atomic mass is 9.93. The molecule has 2 nitrogen and oxygen atoms in total. The SMILES string of the molecule is CCC(O)(CC)Cc1cncs1. The fourth-order valence-electron chi connectivity index (χ4n) is 1.15. The van der Waals surface area contributed by atoms with Gasteiger partial charge in [0.15, 0.2) is 0 Å². The molecule has 1 aromatic heterocycles.